The van der Waals surface area contributed by atoms with Crippen LogP contribution in [0, 0.1) is 23.1 Å². The Balaban J connectivity index is 1.55. The van der Waals surface area contributed by atoms with Crippen molar-refractivity contribution in [3.63, 3.8) is 0 Å². The van der Waals surface area contributed by atoms with Crippen LogP contribution in [0.5, 0.6) is 5.75 Å². The van der Waals surface area contributed by atoms with Crippen LogP contribution in [0.2, 0.25) is 0 Å². The lowest BCUT2D eigenvalue weighted by molar-refractivity contribution is -0.384. The summed E-state index contributed by atoms with van der Waals surface area (Å²) >= 11 is 4.22. The molecule has 0 aromatic heterocycles. The van der Waals surface area contributed by atoms with E-state index in [0.717, 1.165) is 7.14 Å². The Labute approximate surface area is 214 Å². The fraction of sp³-hybridized carbons (Fsp3) is 0.0435. The van der Waals surface area contributed by atoms with Crippen LogP contribution in [0.4, 0.5) is 10.1 Å². The topological polar surface area (TPSA) is 91.0 Å². The summed E-state index contributed by atoms with van der Waals surface area (Å²) in [4.78, 5) is 26.9. The third-order valence-corrected chi connectivity index (χ3v) is 6.16. The summed E-state index contributed by atoms with van der Waals surface area (Å²) in [5, 5.41) is 11.0. The summed E-state index contributed by atoms with van der Waals surface area (Å²) in [6.45, 7) is 0.163. The third-order valence-electron chi connectivity index (χ3n) is 4.55. The molecule has 166 valence electrons. The van der Waals surface area contributed by atoms with Crippen molar-refractivity contribution in [3.8, 4) is 5.75 Å². The second-order valence-corrected chi connectivity index (χ2v) is 9.17. The Morgan fingerprint density at radius 3 is 2.52 bits per heavy atom. The lowest BCUT2D eigenvalue weighted by Crippen LogP contribution is -2.07. The Kier molecular flexibility index (Phi) is 7.02. The maximum Gasteiger partial charge on any atom is 0.363 e. The number of nitro benzene ring substituents is 1. The number of aliphatic imine (C=N–C) groups is 1. The van der Waals surface area contributed by atoms with Crippen LogP contribution in [0.25, 0.3) is 6.08 Å². The largest absolute Gasteiger partial charge is 0.487 e. The standard InChI is InChI=1S/C23H13FI2N2O5/c24-17-7-2-1-6-16(17)22-27-20(23(29)33-22)11-14-9-18(25)21(19(26)10-14)32-12-13-4-3-5-15(8-13)28(30)31/h1-11H,12H2/b20-11-. The molecule has 1 aliphatic heterocycles. The van der Waals surface area contributed by atoms with Crippen LogP contribution in [-0.2, 0) is 16.1 Å². The molecule has 4 rings (SSSR count). The number of carbonyl (C=O) groups is 1. The van der Waals surface area contributed by atoms with Gasteiger partial charge in [-0.05, 0) is 86.7 Å². The number of esters is 1. The molecule has 0 unspecified atom stereocenters. The Hall–Kier alpha value is -2.87. The van der Waals surface area contributed by atoms with Gasteiger partial charge in [0.2, 0.25) is 5.90 Å². The summed E-state index contributed by atoms with van der Waals surface area (Å²) in [5.41, 5.74) is 1.54. The van der Waals surface area contributed by atoms with Gasteiger partial charge in [-0.25, -0.2) is 14.2 Å². The molecule has 0 spiro atoms. The molecule has 33 heavy (non-hydrogen) atoms. The molecule has 7 nitrogen and oxygen atoms in total. The number of nitrogens with zero attached hydrogens (tertiary/aromatic N) is 2. The highest BCUT2D eigenvalue weighted by Gasteiger charge is 2.26. The van der Waals surface area contributed by atoms with Gasteiger partial charge in [0.25, 0.3) is 5.69 Å². The van der Waals surface area contributed by atoms with E-state index in [1.807, 2.05) is 12.1 Å². The molecule has 3 aromatic carbocycles. The van der Waals surface area contributed by atoms with E-state index in [0.29, 0.717) is 16.9 Å². The van der Waals surface area contributed by atoms with Crippen LogP contribution in [0.1, 0.15) is 16.7 Å². The molecule has 10 heteroatoms. The van der Waals surface area contributed by atoms with E-state index in [-0.39, 0.29) is 29.5 Å². The van der Waals surface area contributed by atoms with Crippen LogP contribution in [0.15, 0.2) is 71.4 Å². The zero-order valence-corrected chi connectivity index (χ0v) is 20.9. The summed E-state index contributed by atoms with van der Waals surface area (Å²) < 4.78 is 26.6. The molecule has 0 bridgehead atoms. The van der Waals surface area contributed by atoms with Crippen LogP contribution < -0.4 is 4.74 Å². The van der Waals surface area contributed by atoms with E-state index in [2.05, 4.69) is 50.2 Å². The van der Waals surface area contributed by atoms with Crippen molar-refractivity contribution in [2.45, 2.75) is 6.61 Å². The number of halogens is 3. The predicted octanol–water partition coefficient (Wildman–Crippen LogP) is 5.87. The van der Waals surface area contributed by atoms with Gasteiger partial charge < -0.3 is 9.47 Å². The molecule has 0 saturated heterocycles. The van der Waals surface area contributed by atoms with Crippen LogP contribution in [0.3, 0.4) is 0 Å². The molecule has 1 heterocycles. The van der Waals surface area contributed by atoms with Crippen LogP contribution >= 0.6 is 45.2 Å². The fourth-order valence-corrected chi connectivity index (χ4v) is 5.16. The second kappa shape index (κ2) is 9.95. The Bertz CT molecular complexity index is 1320. The SMILES string of the molecule is O=C1OC(c2ccccc2F)=N/C1=C\c1cc(I)c(OCc2cccc([N+](=O)[O-])c2)c(I)c1. The average Bonchev–Trinajstić information content (AvgIpc) is 3.13. The first-order valence-corrected chi connectivity index (χ1v) is 11.6. The van der Waals surface area contributed by atoms with Crippen molar-refractivity contribution in [2.75, 3.05) is 0 Å². The van der Waals surface area contributed by atoms with Crippen molar-refractivity contribution in [3.05, 3.63) is 106 Å². The zero-order valence-electron chi connectivity index (χ0n) is 16.6. The molecule has 0 fully saturated rings. The van der Waals surface area contributed by atoms with Crippen molar-refractivity contribution in [1.82, 2.24) is 0 Å². The van der Waals surface area contributed by atoms with Crippen molar-refractivity contribution in [1.29, 1.82) is 0 Å². The van der Waals surface area contributed by atoms with Gasteiger partial charge in [-0.15, -0.1) is 0 Å². The summed E-state index contributed by atoms with van der Waals surface area (Å²) in [5.74, 6) is -0.649. The highest BCUT2D eigenvalue weighted by atomic mass is 127. The number of ether oxygens (including phenoxy) is 2. The maximum atomic E-state index is 14.0. The Morgan fingerprint density at radius 1 is 1.09 bits per heavy atom. The Morgan fingerprint density at radius 2 is 1.82 bits per heavy atom. The molecule has 1 aliphatic rings. The van der Waals surface area contributed by atoms with Crippen molar-refractivity contribution < 1.29 is 23.6 Å². The van der Waals surface area contributed by atoms with Gasteiger partial charge in [0.1, 0.15) is 18.2 Å². The molecule has 0 atom stereocenters. The van der Waals surface area contributed by atoms with Gasteiger partial charge in [-0.3, -0.25) is 10.1 Å². The fourth-order valence-electron chi connectivity index (χ4n) is 3.03. The van der Waals surface area contributed by atoms with Gasteiger partial charge in [0, 0.05) is 12.1 Å². The normalized spacial score (nSPS) is 14.2. The first-order chi connectivity index (χ1) is 15.8. The second-order valence-electron chi connectivity index (χ2n) is 6.85. The highest BCUT2D eigenvalue weighted by Crippen LogP contribution is 2.31. The van der Waals surface area contributed by atoms with Crippen LogP contribution in [-0.4, -0.2) is 16.8 Å². The van der Waals surface area contributed by atoms with Crippen molar-refractivity contribution in [2.24, 2.45) is 4.99 Å². The molecule has 0 aliphatic carbocycles. The number of carbonyl (C=O) groups excluding carboxylic acids is 1. The van der Waals surface area contributed by atoms with Gasteiger partial charge in [0.05, 0.1) is 17.6 Å². The quantitative estimate of drug-likeness (QED) is 0.108. The summed E-state index contributed by atoms with van der Waals surface area (Å²) in [6, 6.07) is 15.8. The number of hydrogen-bond acceptors (Lipinski definition) is 6. The highest BCUT2D eigenvalue weighted by molar-refractivity contribution is 14.1. The number of hydrogen-bond donors (Lipinski definition) is 0. The van der Waals surface area contributed by atoms with E-state index in [1.54, 1.807) is 30.3 Å². The number of cyclic esters (lactones) is 1. The first-order valence-electron chi connectivity index (χ1n) is 9.44. The molecular formula is C23H13FI2N2O5. The third kappa shape index (κ3) is 5.38. The smallest absolute Gasteiger partial charge is 0.363 e. The van der Waals surface area contributed by atoms with E-state index >= 15 is 0 Å². The number of benzene rings is 3. The van der Waals surface area contributed by atoms with E-state index in [9.17, 15) is 19.3 Å². The monoisotopic (exact) mass is 670 g/mol. The number of nitro groups is 1. The van der Waals surface area contributed by atoms with Gasteiger partial charge in [0.15, 0.2) is 5.70 Å². The molecule has 3 aromatic rings. The zero-order chi connectivity index (χ0) is 23.5. The number of rotatable bonds is 6. The number of non-ortho nitro benzene ring substituents is 1. The lowest BCUT2D eigenvalue weighted by atomic mass is 10.2. The minimum absolute atomic E-state index is 0.00113. The van der Waals surface area contributed by atoms with E-state index < -0.39 is 16.7 Å². The summed E-state index contributed by atoms with van der Waals surface area (Å²) in [7, 11) is 0. The molecule has 0 amide bonds. The molecule has 0 radical (unpaired) electrons. The first kappa shape index (κ1) is 23.3. The minimum atomic E-state index is -0.663. The summed E-state index contributed by atoms with van der Waals surface area (Å²) in [6.07, 6.45) is 1.56. The lowest BCUT2D eigenvalue weighted by Gasteiger charge is -2.11. The van der Waals surface area contributed by atoms with Gasteiger partial charge in [-0.2, -0.15) is 0 Å². The molecule has 0 N–H and O–H groups in total. The van der Waals surface area contributed by atoms with Gasteiger partial charge in [-0.1, -0.05) is 24.3 Å². The van der Waals surface area contributed by atoms with Crippen molar-refractivity contribution >= 4 is 68.8 Å². The van der Waals surface area contributed by atoms with Gasteiger partial charge >= 0.3 is 5.97 Å². The minimum Gasteiger partial charge on any atom is -0.487 e. The predicted molar refractivity (Wildman–Crippen MR) is 136 cm³/mol. The molecular weight excluding hydrogens is 657 g/mol. The molecule has 0 saturated carbocycles. The van der Waals surface area contributed by atoms with E-state index in [4.69, 9.17) is 9.47 Å². The van der Waals surface area contributed by atoms with E-state index in [1.165, 1.54) is 24.3 Å². The maximum absolute atomic E-state index is 14.0. The average molecular weight is 670 g/mol.